The van der Waals surface area contributed by atoms with Crippen LogP contribution in [-0.2, 0) is 4.74 Å². The van der Waals surface area contributed by atoms with Crippen molar-refractivity contribution in [2.45, 2.75) is 6.10 Å². The molecule has 1 heterocycles. The van der Waals surface area contributed by atoms with Gasteiger partial charge in [0.25, 0.3) is 0 Å². The number of hydrogen-bond acceptors (Lipinski definition) is 3. The number of ether oxygens (including phenoxy) is 2. The monoisotopic (exact) mass is 242 g/mol. The van der Waals surface area contributed by atoms with Gasteiger partial charge in [-0.05, 0) is 11.6 Å². The number of phenols is 1. The Bertz CT molecular complexity index is 533. The van der Waals surface area contributed by atoms with Gasteiger partial charge in [-0.15, -0.1) is 0 Å². The molecule has 0 saturated carbocycles. The van der Waals surface area contributed by atoms with Crippen molar-refractivity contribution in [1.82, 2.24) is 0 Å². The summed E-state index contributed by atoms with van der Waals surface area (Å²) in [5.74, 6) is 0.691. The van der Waals surface area contributed by atoms with E-state index in [0.717, 1.165) is 17.7 Å². The Morgan fingerprint density at radius 3 is 2.61 bits per heavy atom. The summed E-state index contributed by atoms with van der Waals surface area (Å²) in [5.41, 5.74) is 1.93. The van der Waals surface area contributed by atoms with Crippen LogP contribution >= 0.6 is 0 Å². The first kappa shape index (κ1) is 11.1. The summed E-state index contributed by atoms with van der Waals surface area (Å²) in [5, 5.41) is 9.92. The maximum atomic E-state index is 9.92. The third-order valence-electron chi connectivity index (χ3n) is 2.89. The van der Waals surface area contributed by atoms with E-state index in [0.29, 0.717) is 12.4 Å². The molecule has 3 heteroatoms. The molecule has 92 valence electrons. The maximum absolute atomic E-state index is 9.92. The molecule has 3 nitrogen and oxygen atoms in total. The fourth-order valence-corrected chi connectivity index (χ4v) is 1.86. The molecule has 1 fully saturated rings. The van der Waals surface area contributed by atoms with Gasteiger partial charge in [0.05, 0.1) is 6.61 Å². The normalized spacial score (nSPS) is 17.4. The lowest BCUT2D eigenvalue weighted by atomic mass is 10.0. The molecule has 1 unspecified atom stereocenters. The lowest BCUT2D eigenvalue weighted by molar-refractivity contribution is 0.255. The molecule has 0 aliphatic carbocycles. The zero-order chi connectivity index (χ0) is 12.4. The first-order valence-electron chi connectivity index (χ1n) is 5.96. The lowest BCUT2D eigenvalue weighted by Crippen LogP contribution is -2.05. The third kappa shape index (κ3) is 2.31. The van der Waals surface area contributed by atoms with Gasteiger partial charge < -0.3 is 14.6 Å². The second-order valence-corrected chi connectivity index (χ2v) is 4.29. The summed E-state index contributed by atoms with van der Waals surface area (Å²) in [7, 11) is 0. The van der Waals surface area contributed by atoms with Crippen LogP contribution in [0.1, 0.15) is 0 Å². The largest absolute Gasteiger partial charge is 0.504 e. The van der Waals surface area contributed by atoms with Crippen LogP contribution in [0.4, 0.5) is 0 Å². The van der Waals surface area contributed by atoms with Gasteiger partial charge in [-0.1, -0.05) is 42.5 Å². The first-order valence-corrected chi connectivity index (χ1v) is 5.96. The minimum absolute atomic E-state index is 0.164. The molecule has 0 amide bonds. The number of hydrogen-bond donors (Lipinski definition) is 1. The molecule has 2 aromatic rings. The molecular formula is C15H14O3. The van der Waals surface area contributed by atoms with Gasteiger partial charge in [-0.3, -0.25) is 0 Å². The lowest BCUT2D eigenvalue weighted by Gasteiger charge is -2.12. The minimum Gasteiger partial charge on any atom is -0.504 e. The minimum atomic E-state index is 0.164. The summed E-state index contributed by atoms with van der Waals surface area (Å²) in [6.07, 6.45) is 0.174. The van der Waals surface area contributed by atoms with Crippen LogP contribution in [0.2, 0.25) is 0 Å². The van der Waals surface area contributed by atoms with Gasteiger partial charge in [-0.2, -0.15) is 0 Å². The molecule has 1 N–H and O–H groups in total. The van der Waals surface area contributed by atoms with Gasteiger partial charge in [0.2, 0.25) is 0 Å². The van der Waals surface area contributed by atoms with Crippen LogP contribution in [0.3, 0.4) is 0 Å². The Labute approximate surface area is 106 Å². The van der Waals surface area contributed by atoms with E-state index in [2.05, 4.69) is 0 Å². The topological polar surface area (TPSA) is 42.0 Å². The summed E-state index contributed by atoms with van der Waals surface area (Å²) < 4.78 is 10.8. The SMILES string of the molecule is Oc1cccc(-c2ccccc2)c1OCC1CO1. The zero-order valence-corrected chi connectivity index (χ0v) is 9.87. The summed E-state index contributed by atoms with van der Waals surface area (Å²) in [6.45, 7) is 1.23. The van der Waals surface area contributed by atoms with Crippen molar-refractivity contribution in [3.63, 3.8) is 0 Å². The first-order chi connectivity index (χ1) is 8.84. The Morgan fingerprint density at radius 1 is 1.11 bits per heavy atom. The fraction of sp³-hybridized carbons (Fsp3) is 0.200. The van der Waals surface area contributed by atoms with E-state index in [1.54, 1.807) is 6.07 Å². The van der Waals surface area contributed by atoms with Crippen molar-refractivity contribution in [3.05, 3.63) is 48.5 Å². The van der Waals surface area contributed by atoms with Crippen molar-refractivity contribution in [2.75, 3.05) is 13.2 Å². The molecule has 1 aliphatic heterocycles. The highest BCUT2D eigenvalue weighted by molar-refractivity contribution is 5.73. The highest BCUT2D eigenvalue weighted by atomic mass is 16.6. The van der Waals surface area contributed by atoms with E-state index in [1.165, 1.54) is 0 Å². The van der Waals surface area contributed by atoms with Gasteiger partial charge >= 0.3 is 0 Å². The van der Waals surface area contributed by atoms with Crippen LogP contribution in [0.5, 0.6) is 11.5 Å². The van der Waals surface area contributed by atoms with Crippen LogP contribution < -0.4 is 4.74 Å². The molecule has 1 atom stereocenters. The van der Waals surface area contributed by atoms with Crippen LogP contribution in [-0.4, -0.2) is 24.4 Å². The molecule has 0 radical (unpaired) electrons. The van der Waals surface area contributed by atoms with Gasteiger partial charge in [0.1, 0.15) is 12.7 Å². The molecule has 0 bridgehead atoms. The van der Waals surface area contributed by atoms with Gasteiger partial charge in [0, 0.05) is 5.56 Å². The van der Waals surface area contributed by atoms with Crippen LogP contribution in [0, 0.1) is 0 Å². The quantitative estimate of drug-likeness (QED) is 0.838. The fourth-order valence-electron chi connectivity index (χ4n) is 1.86. The Kier molecular flexibility index (Phi) is 2.90. The molecule has 18 heavy (non-hydrogen) atoms. The second-order valence-electron chi connectivity index (χ2n) is 4.29. The van der Waals surface area contributed by atoms with Gasteiger partial charge in [0.15, 0.2) is 11.5 Å². The van der Waals surface area contributed by atoms with E-state index in [4.69, 9.17) is 9.47 Å². The molecule has 3 rings (SSSR count). The van der Waals surface area contributed by atoms with E-state index in [-0.39, 0.29) is 11.9 Å². The Balaban J connectivity index is 1.94. The summed E-state index contributed by atoms with van der Waals surface area (Å²) >= 11 is 0. The number of epoxide rings is 1. The average Bonchev–Trinajstić information content (AvgIpc) is 3.22. The molecule has 0 spiro atoms. The van der Waals surface area contributed by atoms with Crippen molar-refractivity contribution in [1.29, 1.82) is 0 Å². The van der Waals surface area contributed by atoms with E-state index < -0.39 is 0 Å². The average molecular weight is 242 g/mol. The second kappa shape index (κ2) is 4.70. The zero-order valence-electron chi connectivity index (χ0n) is 9.87. The van der Waals surface area contributed by atoms with Crippen LogP contribution in [0.15, 0.2) is 48.5 Å². The number of phenolic OH excluding ortho intramolecular Hbond substituents is 1. The van der Waals surface area contributed by atoms with Crippen molar-refractivity contribution in [2.24, 2.45) is 0 Å². The third-order valence-corrected chi connectivity index (χ3v) is 2.89. The van der Waals surface area contributed by atoms with E-state index >= 15 is 0 Å². The maximum Gasteiger partial charge on any atom is 0.168 e. The Morgan fingerprint density at radius 2 is 1.89 bits per heavy atom. The summed E-state index contributed by atoms with van der Waals surface area (Å²) in [6, 6.07) is 15.3. The standard InChI is InChI=1S/C15H14O3/c16-14-8-4-7-13(11-5-2-1-3-6-11)15(14)18-10-12-9-17-12/h1-8,12,16H,9-10H2. The molecule has 2 aromatic carbocycles. The number of benzene rings is 2. The van der Waals surface area contributed by atoms with E-state index in [9.17, 15) is 5.11 Å². The van der Waals surface area contributed by atoms with Gasteiger partial charge in [-0.25, -0.2) is 0 Å². The molecule has 1 aliphatic rings. The molecule has 0 aromatic heterocycles. The van der Waals surface area contributed by atoms with Crippen LogP contribution in [0.25, 0.3) is 11.1 Å². The number of para-hydroxylation sites is 1. The predicted molar refractivity (Wildman–Crippen MR) is 68.8 cm³/mol. The van der Waals surface area contributed by atoms with Crippen molar-refractivity contribution < 1.29 is 14.6 Å². The highest BCUT2D eigenvalue weighted by Crippen LogP contribution is 2.37. The molecule has 1 saturated heterocycles. The summed E-state index contributed by atoms with van der Waals surface area (Å²) in [4.78, 5) is 0. The predicted octanol–water partition coefficient (Wildman–Crippen LogP) is 2.84. The smallest absolute Gasteiger partial charge is 0.168 e. The van der Waals surface area contributed by atoms with E-state index in [1.807, 2.05) is 42.5 Å². The number of rotatable bonds is 4. The Hall–Kier alpha value is -2.00. The highest BCUT2D eigenvalue weighted by Gasteiger charge is 2.24. The number of aromatic hydroxyl groups is 1. The molecular weight excluding hydrogens is 228 g/mol. The van der Waals surface area contributed by atoms with Crippen molar-refractivity contribution in [3.8, 4) is 22.6 Å². The van der Waals surface area contributed by atoms with Crippen molar-refractivity contribution >= 4 is 0 Å².